The molecule has 1 aromatic rings. The molecule has 0 aliphatic carbocycles. The highest BCUT2D eigenvalue weighted by molar-refractivity contribution is 6.07. The second kappa shape index (κ2) is 8.66. The maximum atomic E-state index is 13.9. The minimum Gasteiger partial charge on any atom is -0.322 e. The van der Waals surface area contributed by atoms with Crippen LogP contribution in [0.1, 0.15) is 53.0 Å². The molecule has 5 nitrogen and oxygen atoms in total. The zero-order valence-corrected chi connectivity index (χ0v) is 19.0. The van der Waals surface area contributed by atoms with E-state index in [1.807, 2.05) is 19.9 Å². The van der Waals surface area contributed by atoms with Crippen molar-refractivity contribution in [2.45, 2.75) is 59.4 Å². The highest BCUT2D eigenvalue weighted by Crippen LogP contribution is 2.37. The normalized spacial score (nSPS) is 24.0. The third kappa shape index (κ3) is 5.02. The number of nitrogens with zero attached hydrogens (tertiary/aromatic N) is 2. The molecule has 0 bridgehead atoms. The summed E-state index contributed by atoms with van der Waals surface area (Å²) in [4.78, 5) is 30.2. The van der Waals surface area contributed by atoms with E-state index in [1.165, 1.54) is 17.0 Å². The number of piperidine rings is 1. The van der Waals surface area contributed by atoms with Crippen LogP contribution in [0.4, 0.5) is 9.18 Å². The number of imide groups is 1. The van der Waals surface area contributed by atoms with Crippen LogP contribution in [0.25, 0.3) is 0 Å². The van der Waals surface area contributed by atoms with Gasteiger partial charge in [0.05, 0.1) is 0 Å². The largest absolute Gasteiger partial charge is 0.325 e. The number of hydrogen-bond donors (Lipinski definition) is 1. The summed E-state index contributed by atoms with van der Waals surface area (Å²) in [6.07, 6.45) is 2.01. The van der Waals surface area contributed by atoms with Gasteiger partial charge in [0, 0.05) is 19.5 Å². The molecule has 30 heavy (non-hydrogen) atoms. The van der Waals surface area contributed by atoms with E-state index in [2.05, 4.69) is 31.0 Å². The van der Waals surface area contributed by atoms with Crippen LogP contribution in [0.5, 0.6) is 0 Å². The summed E-state index contributed by atoms with van der Waals surface area (Å²) in [5.41, 5.74) is -0.0299. The number of carbonyl (C=O) groups is 2. The molecular weight excluding hydrogens is 381 g/mol. The van der Waals surface area contributed by atoms with Gasteiger partial charge in [-0.2, -0.15) is 0 Å². The van der Waals surface area contributed by atoms with Crippen molar-refractivity contribution in [2.24, 2.45) is 17.3 Å². The second-order valence-corrected chi connectivity index (χ2v) is 10.6. The number of rotatable bonds is 6. The highest BCUT2D eigenvalue weighted by Gasteiger charge is 2.55. The first kappa shape index (κ1) is 22.7. The van der Waals surface area contributed by atoms with Crippen LogP contribution in [0.2, 0.25) is 0 Å². The monoisotopic (exact) mass is 417 g/mol. The summed E-state index contributed by atoms with van der Waals surface area (Å²) in [6.45, 7) is 13.9. The van der Waals surface area contributed by atoms with Crippen LogP contribution in [-0.4, -0.2) is 53.5 Å². The third-order valence-electron chi connectivity index (χ3n) is 6.10. The predicted molar refractivity (Wildman–Crippen MR) is 117 cm³/mol. The highest BCUT2D eigenvalue weighted by atomic mass is 19.1. The number of benzene rings is 1. The summed E-state index contributed by atoms with van der Waals surface area (Å²) < 4.78 is 13.9. The fourth-order valence-electron chi connectivity index (χ4n) is 4.94. The van der Waals surface area contributed by atoms with E-state index < -0.39 is 5.54 Å². The van der Waals surface area contributed by atoms with Gasteiger partial charge < -0.3 is 10.2 Å². The van der Waals surface area contributed by atoms with E-state index in [0.717, 1.165) is 38.0 Å². The number of nitrogens with one attached hydrogen (secondary N) is 1. The predicted octanol–water partition coefficient (Wildman–Crippen LogP) is 4.07. The molecule has 1 N–H and O–H groups in total. The molecule has 0 spiro atoms. The Hall–Kier alpha value is -1.95. The van der Waals surface area contributed by atoms with Gasteiger partial charge in [0.15, 0.2) is 0 Å². The van der Waals surface area contributed by atoms with Gasteiger partial charge in [0.2, 0.25) is 0 Å². The van der Waals surface area contributed by atoms with Gasteiger partial charge >= 0.3 is 6.03 Å². The number of carbonyl (C=O) groups excluding carboxylic acids is 2. The van der Waals surface area contributed by atoms with Crippen LogP contribution < -0.4 is 5.32 Å². The van der Waals surface area contributed by atoms with Crippen LogP contribution in [0.3, 0.4) is 0 Å². The smallest absolute Gasteiger partial charge is 0.322 e. The molecule has 3 amide bonds. The maximum Gasteiger partial charge on any atom is 0.325 e. The summed E-state index contributed by atoms with van der Waals surface area (Å²) in [7, 11) is 0. The average molecular weight is 418 g/mol. The van der Waals surface area contributed by atoms with Gasteiger partial charge in [0.25, 0.3) is 5.91 Å². The molecule has 1 aromatic carbocycles. The van der Waals surface area contributed by atoms with E-state index in [-0.39, 0.29) is 35.0 Å². The van der Waals surface area contributed by atoms with E-state index in [0.29, 0.717) is 13.0 Å². The molecule has 2 fully saturated rings. The molecule has 0 radical (unpaired) electrons. The van der Waals surface area contributed by atoms with Crippen molar-refractivity contribution < 1.29 is 14.0 Å². The van der Waals surface area contributed by atoms with Crippen LogP contribution in [0.15, 0.2) is 24.3 Å². The van der Waals surface area contributed by atoms with Gasteiger partial charge in [0.1, 0.15) is 11.4 Å². The molecule has 166 valence electrons. The Labute approximate surface area is 180 Å². The Morgan fingerprint density at radius 2 is 1.87 bits per heavy atom. The standard InChI is InChI=1S/C24H36FN3O2/c1-17(2)15-28-21(29)24(26-22(28)30,14-18-7-6-8-20(25)13-18)19-9-11-27(12-10-19)16-23(3,4)5/h6-8,13,17,19H,9-12,14-16H2,1-5H3,(H,26,30). The minimum atomic E-state index is -0.992. The fourth-order valence-corrected chi connectivity index (χ4v) is 4.94. The van der Waals surface area contributed by atoms with Crippen molar-refractivity contribution in [1.82, 2.24) is 15.1 Å². The molecule has 2 aliphatic heterocycles. The molecule has 2 aliphatic rings. The van der Waals surface area contributed by atoms with Crippen LogP contribution >= 0.6 is 0 Å². The summed E-state index contributed by atoms with van der Waals surface area (Å²) in [6, 6.07) is 6.06. The van der Waals surface area contributed by atoms with E-state index >= 15 is 0 Å². The van der Waals surface area contributed by atoms with Crippen LogP contribution in [-0.2, 0) is 11.2 Å². The zero-order valence-electron chi connectivity index (χ0n) is 19.0. The number of likely N-dealkylation sites (tertiary alicyclic amines) is 1. The van der Waals surface area contributed by atoms with Gasteiger partial charge in [-0.3, -0.25) is 9.69 Å². The lowest BCUT2D eigenvalue weighted by molar-refractivity contribution is -0.134. The Bertz CT molecular complexity index is 781. The van der Waals surface area contributed by atoms with E-state index in [9.17, 15) is 14.0 Å². The average Bonchev–Trinajstić information content (AvgIpc) is 2.86. The number of urea groups is 1. The molecule has 6 heteroatoms. The van der Waals surface area contributed by atoms with E-state index in [1.54, 1.807) is 6.07 Å². The second-order valence-electron chi connectivity index (χ2n) is 10.6. The molecule has 1 unspecified atom stereocenters. The summed E-state index contributed by atoms with van der Waals surface area (Å²) in [5, 5.41) is 3.07. The van der Waals surface area contributed by atoms with Gasteiger partial charge in [-0.1, -0.05) is 46.8 Å². The van der Waals surface area contributed by atoms with Crippen molar-refractivity contribution in [3.8, 4) is 0 Å². The molecule has 0 aromatic heterocycles. The van der Waals surface area contributed by atoms with Crippen molar-refractivity contribution in [1.29, 1.82) is 0 Å². The molecule has 1 atom stereocenters. The lowest BCUT2D eigenvalue weighted by atomic mass is 9.73. The first-order valence-electron chi connectivity index (χ1n) is 11.1. The van der Waals surface area contributed by atoms with Crippen molar-refractivity contribution in [3.63, 3.8) is 0 Å². The zero-order chi connectivity index (χ0) is 22.1. The topological polar surface area (TPSA) is 52.7 Å². The molecule has 3 rings (SSSR count). The minimum absolute atomic E-state index is 0.0330. The Morgan fingerprint density at radius 3 is 2.43 bits per heavy atom. The summed E-state index contributed by atoms with van der Waals surface area (Å²) >= 11 is 0. The van der Waals surface area contributed by atoms with Gasteiger partial charge in [-0.05, 0) is 60.9 Å². The van der Waals surface area contributed by atoms with E-state index in [4.69, 9.17) is 0 Å². The van der Waals surface area contributed by atoms with Gasteiger partial charge in [-0.15, -0.1) is 0 Å². The quantitative estimate of drug-likeness (QED) is 0.710. The number of halogens is 1. The summed E-state index contributed by atoms with van der Waals surface area (Å²) in [5.74, 6) is -0.248. The van der Waals surface area contributed by atoms with Crippen molar-refractivity contribution >= 4 is 11.9 Å². The number of amides is 3. The number of hydrogen-bond acceptors (Lipinski definition) is 3. The van der Waals surface area contributed by atoms with Crippen molar-refractivity contribution in [2.75, 3.05) is 26.2 Å². The van der Waals surface area contributed by atoms with Crippen molar-refractivity contribution in [3.05, 3.63) is 35.6 Å². The lowest BCUT2D eigenvalue weighted by Gasteiger charge is -2.42. The molecule has 2 saturated heterocycles. The Kier molecular flexibility index (Phi) is 6.56. The Morgan fingerprint density at radius 1 is 1.20 bits per heavy atom. The molecular formula is C24H36FN3O2. The maximum absolute atomic E-state index is 13.9. The SMILES string of the molecule is CC(C)CN1C(=O)NC(Cc2cccc(F)c2)(C2CCN(CC(C)(C)C)CC2)C1=O. The first-order valence-corrected chi connectivity index (χ1v) is 11.1. The molecule has 2 heterocycles. The third-order valence-corrected chi connectivity index (χ3v) is 6.10. The fraction of sp³-hybridized carbons (Fsp3) is 0.667. The first-order chi connectivity index (χ1) is 14.0. The van der Waals surface area contributed by atoms with Crippen LogP contribution in [0, 0.1) is 23.1 Å². The lowest BCUT2D eigenvalue weighted by Crippen LogP contribution is -2.58. The molecule has 0 saturated carbocycles. The Balaban J connectivity index is 1.86. The van der Waals surface area contributed by atoms with Gasteiger partial charge in [-0.25, -0.2) is 9.18 Å².